The van der Waals surface area contributed by atoms with Crippen molar-refractivity contribution < 1.29 is 20.1 Å². The summed E-state index contributed by atoms with van der Waals surface area (Å²) in [7, 11) is 0. The number of thiophene rings is 1. The molecule has 0 saturated carbocycles. The Labute approximate surface area is 374 Å². The molecular weight excluding hydrogens is 937 g/mol. The van der Waals surface area contributed by atoms with E-state index in [9.17, 15) is 0 Å². The molecule has 3 aromatic heterocycles. The molecule has 1 radical (unpaired) electrons. The Morgan fingerprint density at radius 2 is 1.21 bits per heavy atom. The van der Waals surface area contributed by atoms with E-state index in [1.54, 1.807) is 0 Å². The first-order valence-electron chi connectivity index (χ1n) is 20.7. The molecule has 12 rings (SSSR count). The smallest absolute Gasteiger partial charge is 0.0239 e. The number of hydrogen-bond donors (Lipinski definition) is 0. The van der Waals surface area contributed by atoms with Crippen molar-refractivity contribution in [2.45, 2.75) is 45.4 Å². The van der Waals surface area contributed by atoms with Crippen LogP contribution < -0.4 is 0 Å². The Bertz CT molecular complexity index is 3500. The van der Waals surface area contributed by atoms with Crippen molar-refractivity contribution in [3.63, 3.8) is 0 Å². The molecular formula is C57H42IrN2S-2. The number of pyridine rings is 2. The summed E-state index contributed by atoms with van der Waals surface area (Å²) in [5.74, 6) is 0. The van der Waals surface area contributed by atoms with Gasteiger partial charge in [0.1, 0.15) is 0 Å². The maximum absolute atomic E-state index is 5.01. The van der Waals surface area contributed by atoms with Gasteiger partial charge < -0.3 is 9.97 Å². The van der Waals surface area contributed by atoms with Gasteiger partial charge in [-0.05, 0) is 117 Å². The molecule has 1 aliphatic rings. The molecule has 61 heavy (non-hydrogen) atoms. The molecule has 2 nitrogen and oxygen atoms in total. The van der Waals surface area contributed by atoms with E-state index in [1.165, 1.54) is 91.1 Å². The molecule has 0 spiro atoms. The van der Waals surface area contributed by atoms with Crippen LogP contribution in [0.5, 0.6) is 0 Å². The molecule has 0 saturated heterocycles. The topological polar surface area (TPSA) is 25.8 Å². The van der Waals surface area contributed by atoms with Gasteiger partial charge in [-0.3, -0.25) is 0 Å². The van der Waals surface area contributed by atoms with E-state index in [2.05, 4.69) is 185 Å². The molecule has 3 heterocycles. The van der Waals surface area contributed by atoms with Crippen LogP contribution in [0.4, 0.5) is 0 Å². The minimum Gasteiger partial charge on any atom is -0.305 e. The quantitative estimate of drug-likeness (QED) is 0.127. The summed E-state index contributed by atoms with van der Waals surface area (Å²) < 4.78 is 2.60. The Hall–Kier alpha value is -6.03. The third kappa shape index (κ3) is 6.57. The normalized spacial score (nSPS) is 13.0. The summed E-state index contributed by atoms with van der Waals surface area (Å²) in [6.07, 6.45) is 3.79. The standard InChI is InChI=1S/C40H32N.C17H10NS.Ir/c1-39(2,3)29-14-17-30-27(20-29)13-16-32-31(30)15-12-24-10-11-28(22-34(24)32)38-37-33(18-19-41-38)35-21-25-8-6-7-9-26(25)23-36(35)40(37,4)5;1-2-7-16-13(5-1)14-11-12(8-9-17(14)19-16)15-6-3-4-10-18-15;/h6-10,12-23H,1-5H3;1-7,9-11H;/q2*-1;. The van der Waals surface area contributed by atoms with Gasteiger partial charge in [-0.2, -0.15) is 11.3 Å². The van der Waals surface area contributed by atoms with Crippen molar-refractivity contribution in [3.8, 4) is 33.6 Å². The minimum absolute atomic E-state index is 0. The molecule has 8 aromatic carbocycles. The van der Waals surface area contributed by atoms with Gasteiger partial charge in [-0.25, -0.2) is 0 Å². The van der Waals surface area contributed by atoms with Gasteiger partial charge in [0, 0.05) is 42.6 Å². The number of benzene rings is 8. The average Bonchev–Trinajstić information content (AvgIpc) is 3.76. The molecule has 0 N–H and O–H groups in total. The summed E-state index contributed by atoms with van der Waals surface area (Å²) in [5, 5.41) is 12.8. The largest absolute Gasteiger partial charge is 0.305 e. The van der Waals surface area contributed by atoms with Crippen LogP contribution in [0.25, 0.3) is 96.9 Å². The zero-order valence-corrected chi connectivity index (χ0v) is 37.9. The van der Waals surface area contributed by atoms with Crippen molar-refractivity contribution in [3.05, 3.63) is 193 Å². The van der Waals surface area contributed by atoms with Gasteiger partial charge in [-0.15, -0.1) is 47.5 Å². The van der Waals surface area contributed by atoms with Crippen LogP contribution in [0.2, 0.25) is 0 Å². The Balaban J connectivity index is 0.000000186. The zero-order chi connectivity index (χ0) is 40.8. The molecule has 1 aliphatic carbocycles. The van der Waals surface area contributed by atoms with E-state index in [-0.39, 0.29) is 30.9 Å². The van der Waals surface area contributed by atoms with E-state index >= 15 is 0 Å². The molecule has 0 aliphatic heterocycles. The van der Waals surface area contributed by atoms with E-state index in [0.717, 1.165) is 22.5 Å². The van der Waals surface area contributed by atoms with E-state index in [4.69, 9.17) is 4.98 Å². The van der Waals surface area contributed by atoms with Crippen LogP contribution in [0.1, 0.15) is 51.3 Å². The van der Waals surface area contributed by atoms with Crippen LogP contribution in [-0.4, -0.2) is 9.97 Å². The van der Waals surface area contributed by atoms with E-state index < -0.39 is 0 Å². The first-order valence-corrected chi connectivity index (χ1v) is 21.5. The Morgan fingerprint density at radius 3 is 2.02 bits per heavy atom. The zero-order valence-electron chi connectivity index (χ0n) is 34.7. The molecule has 0 amide bonds. The molecule has 11 aromatic rings. The summed E-state index contributed by atoms with van der Waals surface area (Å²) in [6, 6.07) is 61.8. The van der Waals surface area contributed by atoms with Crippen LogP contribution >= 0.6 is 11.3 Å². The summed E-state index contributed by atoms with van der Waals surface area (Å²) in [5.41, 5.74) is 10.7. The van der Waals surface area contributed by atoms with Crippen LogP contribution in [0.15, 0.2) is 164 Å². The fraction of sp³-hybridized carbons (Fsp3) is 0.123. The average molecular weight is 979 g/mol. The van der Waals surface area contributed by atoms with Crippen molar-refractivity contribution in [2.24, 2.45) is 0 Å². The Morgan fingerprint density at radius 1 is 0.508 bits per heavy atom. The van der Waals surface area contributed by atoms with Crippen LogP contribution in [-0.2, 0) is 30.9 Å². The number of fused-ring (bicyclic) bond motifs is 12. The number of aromatic nitrogens is 2. The Kier molecular flexibility index (Phi) is 9.53. The predicted octanol–water partition coefficient (Wildman–Crippen LogP) is 15.7. The van der Waals surface area contributed by atoms with Crippen LogP contribution in [0, 0.1) is 12.1 Å². The van der Waals surface area contributed by atoms with E-state index in [0.29, 0.717) is 0 Å². The van der Waals surface area contributed by atoms with Crippen molar-refractivity contribution in [1.29, 1.82) is 0 Å². The second-order valence-corrected chi connectivity index (χ2v) is 18.7. The molecule has 0 unspecified atom stereocenters. The predicted molar refractivity (Wildman–Crippen MR) is 256 cm³/mol. The van der Waals surface area contributed by atoms with Crippen LogP contribution in [0.3, 0.4) is 0 Å². The molecule has 4 heteroatoms. The van der Waals surface area contributed by atoms with E-state index in [1.807, 2.05) is 41.9 Å². The molecule has 0 fully saturated rings. The van der Waals surface area contributed by atoms with Crippen molar-refractivity contribution >= 4 is 74.6 Å². The minimum atomic E-state index is -0.166. The van der Waals surface area contributed by atoms with Gasteiger partial charge in [0.05, 0.1) is 0 Å². The number of rotatable bonds is 2. The van der Waals surface area contributed by atoms with Crippen molar-refractivity contribution in [2.75, 3.05) is 0 Å². The van der Waals surface area contributed by atoms with Gasteiger partial charge >= 0.3 is 0 Å². The summed E-state index contributed by atoms with van der Waals surface area (Å²) in [4.78, 5) is 9.40. The SMILES string of the molecule is CC(C)(C)c1ccc2c(ccc3c4cc(-c5nccc6c5C(C)(C)c5cc7ccccc7cc5-6)[c-]cc4ccc23)c1.[Ir].[c-]1cc2sc3ccccc3c2cc1-c1ccccn1. The molecule has 0 atom stereocenters. The third-order valence-electron chi connectivity index (χ3n) is 12.6. The maximum Gasteiger partial charge on any atom is 0.0239 e. The number of nitrogens with zero attached hydrogens (tertiary/aromatic N) is 2. The fourth-order valence-electron chi connectivity index (χ4n) is 9.40. The molecule has 297 valence electrons. The summed E-state index contributed by atoms with van der Waals surface area (Å²) >= 11 is 1.81. The van der Waals surface area contributed by atoms with Gasteiger partial charge in [-0.1, -0.05) is 148 Å². The van der Waals surface area contributed by atoms with Gasteiger partial charge in [0.15, 0.2) is 0 Å². The number of hydrogen-bond acceptors (Lipinski definition) is 3. The summed E-state index contributed by atoms with van der Waals surface area (Å²) in [6.45, 7) is 11.5. The van der Waals surface area contributed by atoms with Gasteiger partial charge in [0.25, 0.3) is 0 Å². The first-order chi connectivity index (χ1) is 29.1. The first kappa shape index (κ1) is 39.1. The van der Waals surface area contributed by atoms with Crippen molar-refractivity contribution in [1.82, 2.24) is 9.97 Å². The second-order valence-electron chi connectivity index (χ2n) is 17.7. The third-order valence-corrected chi connectivity index (χ3v) is 13.7. The molecule has 0 bridgehead atoms. The maximum atomic E-state index is 5.01. The second kappa shape index (κ2) is 14.9. The monoisotopic (exact) mass is 979 g/mol. The van der Waals surface area contributed by atoms with Gasteiger partial charge in [0.2, 0.25) is 0 Å². The fourth-order valence-corrected chi connectivity index (χ4v) is 10.5.